The molecule has 112 valence electrons. The molecule has 0 saturated heterocycles. The van der Waals surface area contributed by atoms with E-state index in [0.29, 0.717) is 16.2 Å². The van der Waals surface area contributed by atoms with Crippen LogP contribution in [0.25, 0.3) is 0 Å². The zero-order valence-electron chi connectivity index (χ0n) is 11.7. The Balaban J connectivity index is 2.15. The molecule has 2 aromatic rings. The highest BCUT2D eigenvalue weighted by Crippen LogP contribution is 2.23. The Morgan fingerprint density at radius 3 is 2.48 bits per heavy atom. The maximum atomic E-state index is 12.4. The Hall–Kier alpha value is -1.47. The molecule has 1 aromatic heterocycles. The SMILES string of the molecule is Cc1nn(C)c(CS(=O)c2ccc(CC(=O)O)cc2)c1Br. The van der Waals surface area contributed by atoms with Gasteiger partial charge in [-0.2, -0.15) is 5.10 Å². The predicted molar refractivity (Wildman–Crippen MR) is 83.5 cm³/mol. The second-order valence-corrected chi connectivity index (χ2v) is 6.92. The summed E-state index contributed by atoms with van der Waals surface area (Å²) in [6.07, 6.45) is -0.0284. The zero-order chi connectivity index (χ0) is 15.6. The van der Waals surface area contributed by atoms with Crippen molar-refractivity contribution >= 4 is 32.7 Å². The number of nitrogens with zero attached hydrogens (tertiary/aromatic N) is 2. The van der Waals surface area contributed by atoms with Crippen molar-refractivity contribution in [2.45, 2.75) is 24.0 Å². The normalized spacial score (nSPS) is 12.3. The van der Waals surface area contributed by atoms with E-state index in [0.717, 1.165) is 15.9 Å². The largest absolute Gasteiger partial charge is 0.481 e. The molecule has 1 unspecified atom stereocenters. The summed E-state index contributed by atoms with van der Waals surface area (Å²) in [6, 6.07) is 6.83. The molecule has 0 fully saturated rings. The monoisotopic (exact) mass is 370 g/mol. The van der Waals surface area contributed by atoms with Crippen LogP contribution in [-0.4, -0.2) is 25.1 Å². The Morgan fingerprint density at radius 2 is 2.00 bits per heavy atom. The minimum atomic E-state index is -1.20. The molecule has 5 nitrogen and oxygen atoms in total. The fourth-order valence-electron chi connectivity index (χ4n) is 1.98. The third-order valence-electron chi connectivity index (χ3n) is 3.07. The number of halogens is 1. The van der Waals surface area contributed by atoms with Crippen LogP contribution in [0, 0.1) is 6.92 Å². The summed E-state index contributed by atoms with van der Waals surface area (Å²) >= 11 is 3.46. The van der Waals surface area contributed by atoms with Gasteiger partial charge in [-0.25, -0.2) is 0 Å². The summed E-state index contributed by atoms with van der Waals surface area (Å²) < 4.78 is 15.0. The van der Waals surface area contributed by atoms with Crippen molar-refractivity contribution in [2.75, 3.05) is 0 Å². The fourth-order valence-corrected chi connectivity index (χ4v) is 3.83. The van der Waals surface area contributed by atoms with Gasteiger partial charge in [0.15, 0.2) is 0 Å². The molecule has 0 aliphatic rings. The van der Waals surface area contributed by atoms with Gasteiger partial charge in [0.2, 0.25) is 0 Å². The van der Waals surface area contributed by atoms with E-state index < -0.39 is 16.8 Å². The van der Waals surface area contributed by atoms with Crippen molar-refractivity contribution in [1.82, 2.24) is 9.78 Å². The number of benzene rings is 1. The predicted octanol–water partition coefficient (Wildman–Crippen LogP) is 2.43. The Bertz CT molecular complexity index is 695. The van der Waals surface area contributed by atoms with E-state index >= 15 is 0 Å². The van der Waals surface area contributed by atoms with Crippen molar-refractivity contribution in [2.24, 2.45) is 7.05 Å². The van der Waals surface area contributed by atoms with E-state index in [-0.39, 0.29) is 6.42 Å². The lowest BCUT2D eigenvalue weighted by atomic mass is 10.2. The van der Waals surface area contributed by atoms with E-state index in [1.807, 2.05) is 14.0 Å². The average molecular weight is 371 g/mol. The highest BCUT2D eigenvalue weighted by atomic mass is 79.9. The van der Waals surface area contributed by atoms with Gasteiger partial charge >= 0.3 is 5.97 Å². The highest BCUT2D eigenvalue weighted by Gasteiger charge is 2.15. The number of aromatic nitrogens is 2. The standard InChI is InChI=1S/C14H15BrN2O3S/c1-9-14(15)12(17(2)16-9)8-21(20)11-5-3-10(4-6-11)7-13(18)19/h3-6H,7-8H2,1-2H3,(H,18,19). The van der Waals surface area contributed by atoms with Gasteiger partial charge in [0.05, 0.1) is 38.8 Å². The molecule has 1 heterocycles. The molecular formula is C14H15BrN2O3S. The van der Waals surface area contributed by atoms with E-state index in [1.165, 1.54) is 0 Å². The maximum Gasteiger partial charge on any atom is 0.307 e. The molecule has 7 heteroatoms. The van der Waals surface area contributed by atoms with Gasteiger partial charge in [-0.1, -0.05) is 12.1 Å². The highest BCUT2D eigenvalue weighted by molar-refractivity contribution is 9.10. The van der Waals surface area contributed by atoms with Crippen LogP contribution in [-0.2, 0) is 34.8 Å². The van der Waals surface area contributed by atoms with Crippen molar-refractivity contribution in [1.29, 1.82) is 0 Å². The van der Waals surface area contributed by atoms with Crippen LogP contribution in [0.4, 0.5) is 0 Å². The Morgan fingerprint density at radius 1 is 1.38 bits per heavy atom. The third kappa shape index (κ3) is 3.79. The summed E-state index contributed by atoms with van der Waals surface area (Å²) in [5, 5.41) is 13.0. The van der Waals surface area contributed by atoms with Crippen molar-refractivity contribution in [3.05, 3.63) is 45.7 Å². The van der Waals surface area contributed by atoms with Gasteiger partial charge in [-0.05, 0) is 40.5 Å². The van der Waals surface area contributed by atoms with Gasteiger partial charge in [0.1, 0.15) is 0 Å². The van der Waals surface area contributed by atoms with Crippen LogP contribution in [0.5, 0.6) is 0 Å². The number of hydrogen-bond donors (Lipinski definition) is 1. The van der Waals surface area contributed by atoms with Crippen LogP contribution in [0.15, 0.2) is 33.6 Å². The van der Waals surface area contributed by atoms with E-state index in [2.05, 4.69) is 21.0 Å². The fraction of sp³-hybridized carbons (Fsp3) is 0.286. The van der Waals surface area contributed by atoms with Gasteiger partial charge in [0.25, 0.3) is 0 Å². The summed E-state index contributed by atoms with van der Waals surface area (Å²) in [5.41, 5.74) is 2.43. The van der Waals surface area contributed by atoms with Crippen LogP contribution >= 0.6 is 15.9 Å². The number of carboxylic acid groups (broad SMARTS) is 1. The first-order valence-corrected chi connectivity index (χ1v) is 8.36. The van der Waals surface area contributed by atoms with E-state index in [1.54, 1.807) is 28.9 Å². The molecule has 0 amide bonds. The molecule has 0 saturated carbocycles. The minimum Gasteiger partial charge on any atom is -0.481 e. The molecule has 0 aliphatic carbocycles. The Labute approximate surface area is 133 Å². The van der Waals surface area contributed by atoms with Crippen LogP contribution in [0.2, 0.25) is 0 Å². The maximum absolute atomic E-state index is 12.4. The summed E-state index contributed by atoms with van der Waals surface area (Å²) in [7, 11) is 0.619. The number of carbonyl (C=O) groups is 1. The zero-order valence-corrected chi connectivity index (χ0v) is 14.1. The average Bonchev–Trinajstić information content (AvgIpc) is 2.65. The van der Waals surface area contributed by atoms with Crippen molar-refractivity contribution in [3.8, 4) is 0 Å². The Kier molecular flexibility index (Phi) is 4.95. The topological polar surface area (TPSA) is 72.2 Å². The number of aryl methyl sites for hydroxylation is 2. The van der Waals surface area contributed by atoms with Crippen LogP contribution in [0.3, 0.4) is 0 Å². The molecule has 0 bridgehead atoms. The first-order chi connectivity index (χ1) is 9.88. The molecule has 2 rings (SSSR count). The van der Waals surface area contributed by atoms with E-state index in [9.17, 15) is 9.00 Å². The number of rotatable bonds is 5. The molecule has 1 atom stereocenters. The lowest BCUT2D eigenvalue weighted by molar-refractivity contribution is -0.136. The summed E-state index contributed by atoms with van der Waals surface area (Å²) in [5.74, 6) is -0.519. The molecule has 1 N–H and O–H groups in total. The first kappa shape index (κ1) is 15.9. The van der Waals surface area contributed by atoms with Crippen molar-refractivity contribution in [3.63, 3.8) is 0 Å². The second kappa shape index (κ2) is 6.53. The van der Waals surface area contributed by atoms with Crippen molar-refractivity contribution < 1.29 is 14.1 Å². The van der Waals surface area contributed by atoms with Gasteiger partial charge in [0, 0.05) is 11.9 Å². The van der Waals surface area contributed by atoms with Gasteiger partial charge in [-0.15, -0.1) is 0 Å². The smallest absolute Gasteiger partial charge is 0.307 e. The van der Waals surface area contributed by atoms with E-state index in [4.69, 9.17) is 5.11 Å². The summed E-state index contributed by atoms with van der Waals surface area (Å²) in [6.45, 7) is 1.89. The molecule has 0 spiro atoms. The number of aliphatic carboxylic acids is 1. The lowest BCUT2D eigenvalue weighted by Crippen LogP contribution is -2.04. The lowest BCUT2D eigenvalue weighted by Gasteiger charge is -2.05. The number of carboxylic acids is 1. The summed E-state index contributed by atoms with van der Waals surface area (Å²) in [4.78, 5) is 11.3. The third-order valence-corrected chi connectivity index (χ3v) is 5.44. The molecule has 21 heavy (non-hydrogen) atoms. The van der Waals surface area contributed by atoms with Gasteiger partial charge < -0.3 is 5.11 Å². The minimum absolute atomic E-state index is 0.0284. The number of hydrogen-bond acceptors (Lipinski definition) is 3. The molecule has 0 aliphatic heterocycles. The quantitative estimate of drug-likeness (QED) is 0.876. The second-order valence-electron chi connectivity index (χ2n) is 4.67. The van der Waals surface area contributed by atoms with Gasteiger partial charge in [-0.3, -0.25) is 13.7 Å². The van der Waals surface area contributed by atoms with Crippen LogP contribution < -0.4 is 0 Å². The molecular weight excluding hydrogens is 356 g/mol. The molecule has 0 radical (unpaired) electrons. The first-order valence-electron chi connectivity index (χ1n) is 6.25. The van der Waals surface area contributed by atoms with Crippen LogP contribution in [0.1, 0.15) is 17.0 Å². The molecule has 1 aromatic carbocycles.